The van der Waals surface area contributed by atoms with Crippen molar-refractivity contribution >= 4 is 11.3 Å². The van der Waals surface area contributed by atoms with Gasteiger partial charge in [0.2, 0.25) is 0 Å². The van der Waals surface area contributed by atoms with Crippen LogP contribution in [0.15, 0.2) is 0 Å². The summed E-state index contributed by atoms with van der Waals surface area (Å²) in [6.45, 7) is 14.6. The highest BCUT2D eigenvalue weighted by atomic mass is 32.1. The lowest BCUT2D eigenvalue weighted by molar-refractivity contribution is 0.228. The summed E-state index contributed by atoms with van der Waals surface area (Å²) in [5.41, 5.74) is 1.35. The number of fused-ring (bicyclic) bond motifs is 1. The number of rotatable bonds is 6. The SMILES string of the molecule is CC(C)CNCc1nc2c(s1)CN(CC(C)C)CC2. The third kappa shape index (κ3) is 4.55. The number of nitrogens with one attached hydrogen (secondary N) is 1. The Bertz CT molecular complexity index is 398. The summed E-state index contributed by atoms with van der Waals surface area (Å²) in [5, 5.41) is 4.75. The normalized spacial score (nSPS) is 16.3. The van der Waals surface area contributed by atoms with Crippen LogP contribution >= 0.6 is 11.3 Å². The first-order valence-electron chi connectivity index (χ1n) is 7.45. The van der Waals surface area contributed by atoms with E-state index in [9.17, 15) is 0 Å². The number of hydrogen-bond donors (Lipinski definition) is 1. The predicted molar refractivity (Wildman–Crippen MR) is 82.5 cm³/mol. The van der Waals surface area contributed by atoms with Gasteiger partial charge >= 0.3 is 0 Å². The maximum atomic E-state index is 4.79. The van der Waals surface area contributed by atoms with Gasteiger partial charge < -0.3 is 5.32 Å². The van der Waals surface area contributed by atoms with Gasteiger partial charge in [-0.15, -0.1) is 11.3 Å². The molecule has 0 amide bonds. The number of nitrogens with zero attached hydrogens (tertiary/aromatic N) is 2. The molecule has 19 heavy (non-hydrogen) atoms. The van der Waals surface area contributed by atoms with Crippen LogP contribution in [0.4, 0.5) is 0 Å². The van der Waals surface area contributed by atoms with Crippen molar-refractivity contribution < 1.29 is 0 Å². The van der Waals surface area contributed by atoms with Crippen molar-refractivity contribution in [2.24, 2.45) is 11.8 Å². The summed E-state index contributed by atoms with van der Waals surface area (Å²) in [6.07, 6.45) is 1.13. The second-order valence-electron chi connectivity index (χ2n) is 6.38. The van der Waals surface area contributed by atoms with Gasteiger partial charge in [0.25, 0.3) is 0 Å². The fourth-order valence-corrected chi connectivity index (χ4v) is 3.64. The topological polar surface area (TPSA) is 28.2 Å². The largest absolute Gasteiger partial charge is 0.310 e. The van der Waals surface area contributed by atoms with E-state index in [2.05, 4.69) is 37.9 Å². The van der Waals surface area contributed by atoms with Crippen molar-refractivity contribution in [1.82, 2.24) is 15.2 Å². The highest BCUT2D eigenvalue weighted by Gasteiger charge is 2.20. The van der Waals surface area contributed by atoms with E-state index in [1.54, 1.807) is 0 Å². The molecule has 1 aromatic rings. The molecule has 0 fully saturated rings. The Morgan fingerprint density at radius 2 is 2.05 bits per heavy atom. The Kier molecular flexibility index (Phi) is 5.37. The van der Waals surface area contributed by atoms with E-state index in [0.717, 1.165) is 32.0 Å². The van der Waals surface area contributed by atoms with Crippen molar-refractivity contribution in [3.05, 3.63) is 15.6 Å². The van der Waals surface area contributed by atoms with Crippen LogP contribution in [-0.4, -0.2) is 29.5 Å². The lowest BCUT2D eigenvalue weighted by Gasteiger charge is -2.27. The van der Waals surface area contributed by atoms with Crippen LogP contribution < -0.4 is 5.32 Å². The van der Waals surface area contributed by atoms with Gasteiger partial charge in [-0.1, -0.05) is 27.7 Å². The Morgan fingerprint density at radius 3 is 2.74 bits per heavy atom. The summed E-state index contributed by atoms with van der Waals surface area (Å²) >= 11 is 1.90. The van der Waals surface area contributed by atoms with E-state index in [-0.39, 0.29) is 0 Å². The van der Waals surface area contributed by atoms with Gasteiger partial charge in [0.05, 0.1) is 5.69 Å². The molecule has 2 heterocycles. The van der Waals surface area contributed by atoms with Crippen LogP contribution in [0.2, 0.25) is 0 Å². The second kappa shape index (κ2) is 6.82. The van der Waals surface area contributed by atoms with Crippen LogP contribution in [0.3, 0.4) is 0 Å². The molecule has 0 atom stereocenters. The first kappa shape index (κ1) is 14.9. The van der Waals surface area contributed by atoms with E-state index < -0.39 is 0 Å². The summed E-state index contributed by atoms with van der Waals surface area (Å²) in [6, 6.07) is 0. The fourth-order valence-electron chi connectivity index (χ4n) is 2.52. The van der Waals surface area contributed by atoms with E-state index >= 15 is 0 Å². The first-order valence-corrected chi connectivity index (χ1v) is 8.26. The summed E-state index contributed by atoms with van der Waals surface area (Å²) in [5.74, 6) is 1.46. The van der Waals surface area contributed by atoms with Crippen molar-refractivity contribution in [3.8, 4) is 0 Å². The molecule has 0 unspecified atom stereocenters. The van der Waals surface area contributed by atoms with E-state index in [0.29, 0.717) is 5.92 Å². The molecule has 0 bridgehead atoms. The summed E-state index contributed by atoms with van der Waals surface area (Å²) in [7, 11) is 0. The number of hydrogen-bond acceptors (Lipinski definition) is 4. The standard InChI is InChI=1S/C15H27N3S/c1-11(2)7-16-8-15-17-13-5-6-18(9-12(3)4)10-14(13)19-15/h11-12,16H,5-10H2,1-4H3. The average Bonchev–Trinajstić information content (AvgIpc) is 2.69. The minimum absolute atomic E-state index is 0.705. The maximum Gasteiger partial charge on any atom is 0.107 e. The average molecular weight is 281 g/mol. The molecule has 0 aliphatic carbocycles. The quantitative estimate of drug-likeness (QED) is 0.869. The number of aromatic nitrogens is 1. The minimum Gasteiger partial charge on any atom is -0.310 e. The van der Waals surface area contributed by atoms with E-state index in [1.807, 2.05) is 11.3 Å². The van der Waals surface area contributed by atoms with E-state index in [4.69, 9.17) is 4.98 Å². The van der Waals surface area contributed by atoms with Crippen LogP contribution in [0.25, 0.3) is 0 Å². The molecule has 0 radical (unpaired) electrons. The first-order chi connectivity index (χ1) is 9.04. The monoisotopic (exact) mass is 281 g/mol. The van der Waals surface area contributed by atoms with Gasteiger partial charge in [-0.05, 0) is 18.4 Å². The zero-order valence-electron chi connectivity index (χ0n) is 12.7. The maximum absolute atomic E-state index is 4.79. The molecule has 0 aromatic carbocycles. The molecule has 0 saturated heterocycles. The van der Waals surface area contributed by atoms with Crippen molar-refractivity contribution in [1.29, 1.82) is 0 Å². The van der Waals surface area contributed by atoms with Gasteiger partial charge in [-0.2, -0.15) is 0 Å². The summed E-state index contributed by atoms with van der Waals surface area (Å²) < 4.78 is 0. The lowest BCUT2D eigenvalue weighted by atomic mass is 10.1. The van der Waals surface area contributed by atoms with Crippen molar-refractivity contribution in [3.63, 3.8) is 0 Å². The van der Waals surface area contributed by atoms with Gasteiger partial charge in [-0.3, -0.25) is 4.90 Å². The van der Waals surface area contributed by atoms with E-state index in [1.165, 1.54) is 28.7 Å². The Balaban J connectivity index is 1.89. The third-order valence-electron chi connectivity index (χ3n) is 3.31. The van der Waals surface area contributed by atoms with Crippen molar-refractivity contribution in [2.45, 2.75) is 47.2 Å². The van der Waals surface area contributed by atoms with Gasteiger partial charge in [-0.25, -0.2) is 4.98 Å². The molecule has 1 aliphatic heterocycles. The Morgan fingerprint density at radius 1 is 1.26 bits per heavy atom. The molecule has 4 heteroatoms. The predicted octanol–water partition coefficient (Wildman–Crippen LogP) is 2.90. The van der Waals surface area contributed by atoms with Gasteiger partial charge in [0.15, 0.2) is 0 Å². The highest BCUT2D eigenvalue weighted by molar-refractivity contribution is 7.11. The van der Waals surface area contributed by atoms with Gasteiger partial charge in [0.1, 0.15) is 5.01 Å². The molecule has 0 saturated carbocycles. The molecule has 1 aromatic heterocycles. The number of thiazole rings is 1. The van der Waals surface area contributed by atoms with Crippen LogP contribution in [-0.2, 0) is 19.5 Å². The molecule has 1 N–H and O–H groups in total. The molecule has 3 nitrogen and oxygen atoms in total. The Labute approximate surface area is 121 Å². The minimum atomic E-state index is 0.705. The van der Waals surface area contributed by atoms with Crippen molar-refractivity contribution in [2.75, 3.05) is 19.6 Å². The Hall–Kier alpha value is -0.450. The molecule has 0 spiro atoms. The molecular weight excluding hydrogens is 254 g/mol. The van der Waals surface area contributed by atoms with Crippen LogP contribution in [0, 0.1) is 11.8 Å². The lowest BCUT2D eigenvalue weighted by Crippen LogP contribution is -2.32. The molecular formula is C15H27N3S. The molecule has 2 rings (SSSR count). The molecule has 108 valence electrons. The third-order valence-corrected chi connectivity index (χ3v) is 4.39. The molecule has 1 aliphatic rings. The van der Waals surface area contributed by atoms with Crippen LogP contribution in [0.5, 0.6) is 0 Å². The summed E-state index contributed by atoms with van der Waals surface area (Å²) in [4.78, 5) is 8.85. The fraction of sp³-hybridized carbons (Fsp3) is 0.800. The smallest absolute Gasteiger partial charge is 0.107 e. The zero-order chi connectivity index (χ0) is 13.8. The zero-order valence-corrected chi connectivity index (χ0v) is 13.5. The van der Waals surface area contributed by atoms with Crippen LogP contribution in [0.1, 0.15) is 43.3 Å². The second-order valence-corrected chi connectivity index (χ2v) is 7.55. The highest BCUT2D eigenvalue weighted by Crippen LogP contribution is 2.25. The van der Waals surface area contributed by atoms with Gasteiger partial charge in [0, 0.05) is 37.5 Å².